The molecule has 6 atom stereocenters. The van der Waals surface area contributed by atoms with Gasteiger partial charge in [0.15, 0.2) is 17.3 Å². The van der Waals surface area contributed by atoms with Gasteiger partial charge in [-0.1, -0.05) is 20.8 Å². The summed E-state index contributed by atoms with van der Waals surface area (Å²) in [6.45, 7) is 15.2. The lowest BCUT2D eigenvalue weighted by molar-refractivity contribution is -0.141. The van der Waals surface area contributed by atoms with Crippen molar-refractivity contribution in [3.63, 3.8) is 0 Å². The van der Waals surface area contributed by atoms with Crippen LogP contribution in [0.5, 0.6) is 0 Å². The fourth-order valence-corrected chi connectivity index (χ4v) is 9.43. The van der Waals surface area contributed by atoms with Gasteiger partial charge < -0.3 is 35.4 Å². The minimum Gasteiger partial charge on any atom is -0.480 e. The minimum atomic E-state index is -1.29. The Kier molecular flexibility index (Phi) is 13.3. The summed E-state index contributed by atoms with van der Waals surface area (Å²) in [5.74, 6) is -5.34. The highest BCUT2D eigenvalue weighted by atomic mass is 16.5. The van der Waals surface area contributed by atoms with Crippen LogP contribution in [0.25, 0.3) is 22.1 Å². The molecular formula is C47H56N10O8. The maximum atomic E-state index is 14.4. The van der Waals surface area contributed by atoms with E-state index >= 15 is 0 Å². The summed E-state index contributed by atoms with van der Waals surface area (Å²) < 4.78 is 5.23. The van der Waals surface area contributed by atoms with Gasteiger partial charge in [0, 0.05) is 81.4 Å². The number of aromatic amines is 3. The Morgan fingerprint density at radius 1 is 0.938 bits per heavy atom. The molecule has 2 aliphatic heterocycles. The predicted molar refractivity (Wildman–Crippen MR) is 241 cm³/mol. The largest absolute Gasteiger partial charge is 0.480 e. The molecular weight excluding hydrogens is 833 g/mol. The minimum absolute atomic E-state index is 0.0206. The number of nitrogens with one attached hydrogen (secondary N) is 5. The van der Waals surface area contributed by atoms with Crippen LogP contribution in [0, 0.1) is 13.8 Å². The van der Waals surface area contributed by atoms with Crippen molar-refractivity contribution in [3.05, 3.63) is 80.8 Å². The number of fused-ring (bicyclic) bond motifs is 8. The molecule has 6 heterocycles. The normalized spacial score (nSPS) is 19.5. The predicted octanol–water partition coefficient (Wildman–Crippen LogP) is 7.55. The van der Waals surface area contributed by atoms with Gasteiger partial charge in [0.05, 0.1) is 36.2 Å². The number of nitrogens with zero attached hydrogens (tertiary/aromatic N) is 5. The van der Waals surface area contributed by atoms with Gasteiger partial charge in [0.25, 0.3) is 5.91 Å². The molecule has 0 saturated carbocycles. The Morgan fingerprint density at radius 3 is 2.29 bits per heavy atom. The molecule has 0 fully saturated rings. The summed E-state index contributed by atoms with van der Waals surface area (Å²) in [4.78, 5) is 104. The van der Waals surface area contributed by atoms with E-state index in [2.05, 4.69) is 54.6 Å². The lowest BCUT2D eigenvalue weighted by Gasteiger charge is -2.19. The quantitative estimate of drug-likeness (QED) is 0.0223. The summed E-state index contributed by atoms with van der Waals surface area (Å²) in [5.41, 5.74) is 8.03. The Morgan fingerprint density at radius 2 is 1.62 bits per heavy atom. The molecule has 0 saturated heterocycles. The molecule has 8 bridgehead atoms. The van der Waals surface area contributed by atoms with Gasteiger partial charge in [0.1, 0.15) is 12.0 Å². The number of hydrogen-bond acceptors (Lipinski definition) is 12. The Hall–Kier alpha value is -6.85. The maximum absolute atomic E-state index is 14.4. The highest BCUT2D eigenvalue weighted by Gasteiger charge is 2.45. The number of aryl methyl sites for hydroxylation is 2. The van der Waals surface area contributed by atoms with Crippen molar-refractivity contribution in [1.82, 2.24) is 40.5 Å². The maximum Gasteiger partial charge on any atom is 0.326 e. The molecule has 3 aliphatic rings. The van der Waals surface area contributed by atoms with Crippen LogP contribution < -0.4 is 10.6 Å². The molecule has 0 radical (unpaired) electrons. The summed E-state index contributed by atoms with van der Waals surface area (Å²) in [6, 6.07) is 4.43. The number of ketones is 2. The Labute approximate surface area is 375 Å². The summed E-state index contributed by atoms with van der Waals surface area (Å²) >= 11 is 0. The number of hydrogen-bond donors (Lipinski definition) is 6. The molecule has 342 valence electrons. The summed E-state index contributed by atoms with van der Waals surface area (Å²) in [5, 5.41) is 23.2. The number of aliphatic carboxylic acids is 1. The number of carboxylic acids is 1. The van der Waals surface area contributed by atoms with Crippen molar-refractivity contribution in [2.45, 2.75) is 129 Å². The van der Waals surface area contributed by atoms with E-state index in [0.29, 0.717) is 55.7 Å². The first-order chi connectivity index (χ1) is 30.9. The smallest absolute Gasteiger partial charge is 0.326 e. The molecule has 0 spiro atoms. The number of azo groups is 1. The molecule has 18 nitrogen and oxygen atoms in total. The molecule has 18 heteroatoms. The van der Waals surface area contributed by atoms with Crippen molar-refractivity contribution in [2.24, 2.45) is 10.2 Å². The van der Waals surface area contributed by atoms with Crippen LogP contribution in [0.1, 0.15) is 174 Å². The molecule has 4 aromatic rings. The lowest BCUT2D eigenvalue weighted by Crippen LogP contribution is -2.41. The third-order valence-corrected chi connectivity index (χ3v) is 12.9. The van der Waals surface area contributed by atoms with Crippen LogP contribution in [0.3, 0.4) is 0 Å². The number of amides is 2. The second kappa shape index (κ2) is 18.7. The number of methoxy groups -OCH3 is 1. The SMILES string of the molecule is CC[C@@H]1c2cc3[nH]c4c(c3C)C(=O)C(C(=O)OC)c4c3nc(cc4[nH]c(cc(n2)[C@H]1C)c(C(C)=O)c4C)[C@H](C)[C@H]3CCC(=O)NCCCC(NC(=O)c1[nH]cnc1N=NC(C)C)C(=O)O. The number of aromatic nitrogens is 6. The first kappa shape index (κ1) is 46.2. The first-order valence-corrected chi connectivity index (χ1v) is 22.1. The molecule has 4 aromatic heterocycles. The molecule has 0 aromatic carbocycles. The highest BCUT2D eigenvalue weighted by molar-refractivity contribution is 6.23. The van der Waals surface area contributed by atoms with Gasteiger partial charge in [-0.2, -0.15) is 5.11 Å². The number of carbonyl (C=O) groups is 6. The third kappa shape index (κ3) is 8.85. The zero-order chi connectivity index (χ0) is 47.0. The molecule has 6 N–H and O–H groups in total. The topological polar surface area (TPSA) is 267 Å². The fraction of sp³-hybridized carbons (Fsp3) is 0.468. The van der Waals surface area contributed by atoms with E-state index in [0.717, 1.165) is 23.4 Å². The average Bonchev–Trinajstić information content (AvgIpc) is 4.09. The second-order valence-electron chi connectivity index (χ2n) is 17.5. The highest BCUT2D eigenvalue weighted by Crippen LogP contribution is 2.48. The number of ether oxygens (including phenoxy) is 1. The average molecular weight is 889 g/mol. The summed E-state index contributed by atoms with van der Waals surface area (Å²) in [6.07, 6.45) is 2.66. The van der Waals surface area contributed by atoms with Crippen LogP contribution in [0.4, 0.5) is 5.82 Å². The van der Waals surface area contributed by atoms with Gasteiger partial charge in [0.2, 0.25) is 11.7 Å². The summed E-state index contributed by atoms with van der Waals surface area (Å²) in [7, 11) is 1.24. The number of imidazole rings is 1. The van der Waals surface area contributed by atoms with E-state index in [1.807, 2.05) is 52.8 Å². The number of rotatable bonds is 15. The van der Waals surface area contributed by atoms with Crippen LogP contribution in [-0.4, -0.2) is 96.1 Å². The number of esters is 1. The lowest BCUT2D eigenvalue weighted by atomic mass is 9.84. The van der Waals surface area contributed by atoms with E-state index in [1.165, 1.54) is 20.4 Å². The van der Waals surface area contributed by atoms with Crippen molar-refractivity contribution in [1.29, 1.82) is 0 Å². The molecule has 1 aliphatic carbocycles. The monoisotopic (exact) mass is 888 g/mol. The zero-order valence-electron chi connectivity index (χ0n) is 38.1. The zero-order valence-corrected chi connectivity index (χ0v) is 38.1. The Bertz CT molecular complexity index is 2800. The molecule has 2 amide bonds. The van der Waals surface area contributed by atoms with E-state index in [4.69, 9.17) is 14.7 Å². The standard InChI is InChI=1S/C47H56N10O8/c1-10-26-21(4)29-18-34-36(25(8)58)23(6)31(52-34)16-30-22(5)27(40(53-30)38-39(47(64)65-9)43(60)37-24(7)32(54-41(37)38)17-33(26)51-29)13-14-35(59)48-15-11-12-28(46(62)63)55-45(61)42-44(50-19-49-42)57-56-20(2)3/h16-22,26-28,39,52,54H,10-15H2,1-9H3,(H,48,59)(H,49,50)(H,55,61)(H,62,63)/t21-,22+,26-,27+,28?,39?/m0/s1. The van der Waals surface area contributed by atoms with Gasteiger partial charge >= 0.3 is 11.9 Å². The second-order valence-corrected chi connectivity index (χ2v) is 17.5. The molecule has 65 heavy (non-hydrogen) atoms. The molecule has 7 rings (SSSR count). The number of carboxylic acid groups (broad SMARTS) is 1. The number of H-pyrrole nitrogens is 3. The van der Waals surface area contributed by atoms with Crippen molar-refractivity contribution in [3.8, 4) is 0 Å². The van der Waals surface area contributed by atoms with Crippen LogP contribution >= 0.6 is 0 Å². The van der Waals surface area contributed by atoms with E-state index < -0.39 is 41.5 Å². The number of carbonyl (C=O) groups excluding carboxylic acids is 5. The van der Waals surface area contributed by atoms with Crippen molar-refractivity contribution >= 4 is 63.2 Å². The van der Waals surface area contributed by atoms with E-state index in [9.17, 15) is 33.9 Å². The van der Waals surface area contributed by atoms with E-state index in [-0.39, 0.29) is 79.2 Å². The van der Waals surface area contributed by atoms with Gasteiger partial charge in [-0.15, -0.1) is 5.11 Å². The van der Waals surface area contributed by atoms with Gasteiger partial charge in [-0.3, -0.25) is 33.9 Å². The van der Waals surface area contributed by atoms with Crippen molar-refractivity contribution in [2.75, 3.05) is 13.7 Å². The van der Waals surface area contributed by atoms with Crippen LogP contribution in [0.2, 0.25) is 0 Å². The third-order valence-electron chi connectivity index (χ3n) is 12.9. The first-order valence-electron chi connectivity index (χ1n) is 22.1. The van der Waals surface area contributed by atoms with Crippen LogP contribution in [0.15, 0.2) is 34.8 Å². The fourth-order valence-electron chi connectivity index (χ4n) is 9.43. The number of Topliss-reactive ketones (excluding diaryl/α,β-unsaturated/α-hetero) is 2. The van der Waals surface area contributed by atoms with Crippen molar-refractivity contribution < 1.29 is 38.6 Å². The van der Waals surface area contributed by atoms with Gasteiger partial charge in [-0.25, -0.2) is 9.78 Å². The molecule has 2 unspecified atom stereocenters. The Balaban J connectivity index is 1.21. The van der Waals surface area contributed by atoms with Gasteiger partial charge in [-0.05, 0) is 89.6 Å². The van der Waals surface area contributed by atoms with Crippen LogP contribution in [-0.2, 0) is 19.1 Å². The van der Waals surface area contributed by atoms with E-state index in [1.54, 1.807) is 0 Å².